The van der Waals surface area contributed by atoms with Gasteiger partial charge in [-0.05, 0) is 43.2 Å². The van der Waals surface area contributed by atoms with Crippen LogP contribution in [0, 0.1) is 5.41 Å². The number of nitrogens with two attached hydrogens (primary N) is 1. The maximum Gasteiger partial charge on any atom is 0.234 e. The van der Waals surface area contributed by atoms with Gasteiger partial charge in [-0.1, -0.05) is 35.8 Å². The molecule has 1 aromatic rings. The quantitative estimate of drug-likeness (QED) is 0.341. The Bertz CT molecular complexity index is 579. The average molecular weight is 287 g/mol. The number of carbonyl (C=O) groups is 1. The van der Waals surface area contributed by atoms with E-state index < -0.39 is 5.41 Å². The van der Waals surface area contributed by atoms with Crippen molar-refractivity contribution in [1.82, 2.24) is 5.32 Å². The van der Waals surface area contributed by atoms with Crippen molar-refractivity contribution in [3.8, 4) is 0 Å². The van der Waals surface area contributed by atoms with Crippen molar-refractivity contribution in [2.75, 3.05) is 0 Å². The molecular formula is C16H21N3O2. The molecule has 0 saturated heterocycles. The van der Waals surface area contributed by atoms with E-state index in [-0.39, 0.29) is 17.8 Å². The first-order chi connectivity index (χ1) is 10.2. The molecule has 1 aromatic carbocycles. The molecule has 1 amide bonds. The zero-order chi connectivity index (χ0) is 14.9. The Balaban J connectivity index is 1.69. The lowest BCUT2D eigenvalue weighted by molar-refractivity contribution is -0.131. The number of amidine groups is 1. The van der Waals surface area contributed by atoms with Crippen LogP contribution in [0.4, 0.5) is 0 Å². The number of rotatable bonds is 3. The highest BCUT2D eigenvalue weighted by atomic mass is 16.4. The van der Waals surface area contributed by atoms with Gasteiger partial charge in [-0.3, -0.25) is 4.79 Å². The molecule has 0 heterocycles. The van der Waals surface area contributed by atoms with E-state index in [9.17, 15) is 4.79 Å². The van der Waals surface area contributed by atoms with Crippen LogP contribution in [0.25, 0.3) is 0 Å². The Morgan fingerprint density at radius 1 is 1.33 bits per heavy atom. The molecule has 1 fully saturated rings. The minimum Gasteiger partial charge on any atom is -0.409 e. The number of benzene rings is 1. The number of aryl methyl sites for hydroxylation is 1. The summed E-state index contributed by atoms with van der Waals surface area (Å²) in [6.45, 7) is 0. The molecule has 0 aliphatic heterocycles. The number of hydrogen-bond acceptors (Lipinski definition) is 3. The smallest absolute Gasteiger partial charge is 0.234 e. The molecule has 2 aliphatic carbocycles. The minimum atomic E-state index is -0.786. The van der Waals surface area contributed by atoms with Gasteiger partial charge in [-0.15, -0.1) is 0 Å². The van der Waals surface area contributed by atoms with Gasteiger partial charge in [0.15, 0.2) is 5.84 Å². The van der Waals surface area contributed by atoms with Crippen LogP contribution in [0.15, 0.2) is 29.4 Å². The van der Waals surface area contributed by atoms with Gasteiger partial charge in [0.1, 0.15) is 5.41 Å². The van der Waals surface area contributed by atoms with Gasteiger partial charge in [0, 0.05) is 6.04 Å². The lowest BCUT2D eigenvalue weighted by Crippen LogP contribution is -2.56. The largest absolute Gasteiger partial charge is 0.409 e. The maximum atomic E-state index is 12.5. The Hall–Kier alpha value is -2.04. The lowest BCUT2D eigenvalue weighted by Gasteiger charge is -2.40. The number of amides is 1. The van der Waals surface area contributed by atoms with Crippen LogP contribution in [-0.4, -0.2) is 23.0 Å². The Labute approximate surface area is 124 Å². The van der Waals surface area contributed by atoms with E-state index in [1.807, 2.05) is 6.07 Å². The monoisotopic (exact) mass is 287 g/mol. The number of nitrogens with zero attached hydrogens (tertiary/aromatic N) is 1. The number of nitrogens with one attached hydrogen (secondary N) is 1. The van der Waals surface area contributed by atoms with Gasteiger partial charge in [0.25, 0.3) is 0 Å². The second-order valence-corrected chi connectivity index (χ2v) is 6.10. The predicted molar refractivity (Wildman–Crippen MR) is 80.1 cm³/mol. The molecule has 112 valence electrons. The molecule has 2 aliphatic rings. The first kappa shape index (κ1) is 13.9. The van der Waals surface area contributed by atoms with Crippen molar-refractivity contribution in [1.29, 1.82) is 0 Å². The highest BCUT2D eigenvalue weighted by Gasteiger charge is 2.48. The first-order valence-corrected chi connectivity index (χ1v) is 7.51. The minimum absolute atomic E-state index is 0.0439. The number of fused-ring (bicyclic) bond motifs is 1. The molecular weight excluding hydrogens is 266 g/mol. The molecule has 3 rings (SSSR count). The first-order valence-electron chi connectivity index (χ1n) is 7.51. The van der Waals surface area contributed by atoms with Crippen LogP contribution < -0.4 is 11.1 Å². The van der Waals surface area contributed by atoms with Gasteiger partial charge < -0.3 is 16.3 Å². The van der Waals surface area contributed by atoms with Crippen molar-refractivity contribution in [2.45, 2.75) is 44.6 Å². The number of oxime groups is 1. The molecule has 4 N–H and O–H groups in total. The number of carbonyl (C=O) groups excluding carboxylic acids is 1. The molecule has 21 heavy (non-hydrogen) atoms. The summed E-state index contributed by atoms with van der Waals surface area (Å²) < 4.78 is 0. The molecule has 1 saturated carbocycles. The third kappa shape index (κ3) is 2.37. The molecule has 1 unspecified atom stereocenters. The SMILES string of the molecule is N/C(=N/O)C1(C(=O)NC2CCc3ccccc3C2)CCC1. The van der Waals surface area contributed by atoms with Gasteiger partial charge in [-0.2, -0.15) is 0 Å². The molecule has 0 bridgehead atoms. The van der Waals surface area contributed by atoms with E-state index in [1.54, 1.807) is 0 Å². The van der Waals surface area contributed by atoms with Gasteiger partial charge in [0.05, 0.1) is 0 Å². The third-order valence-corrected chi connectivity index (χ3v) is 4.92. The summed E-state index contributed by atoms with van der Waals surface area (Å²) in [5.74, 6) is -0.0455. The van der Waals surface area contributed by atoms with Gasteiger partial charge in [-0.25, -0.2) is 0 Å². The summed E-state index contributed by atoms with van der Waals surface area (Å²) in [7, 11) is 0. The Morgan fingerprint density at radius 3 is 2.67 bits per heavy atom. The summed E-state index contributed by atoms with van der Waals surface area (Å²) in [5, 5.41) is 15.1. The second kappa shape index (κ2) is 5.39. The third-order valence-electron chi connectivity index (χ3n) is 4.92. The van der Waals surface area contributed by atoms with Crippen LogP contribution in [0.2, 0.25) is 0 Å². The van der Waals surface area contributed by atoms with Crippen molar-refractivity contribution >= 4 is 11.7 Å². The van der Waals surface area contributed by atoms with Crippen molar-refractivity contribution in [3.05, 3.63) is 35.4 Å². The van der Waals surface area contributed by atoms with Crippen LogP contribution >= 0.6 is 0 Å². The van der Waals surface area contributed by atoms with Gasteiger partial charge in [0.2, 0.25) is 5.91 Å². The van der Waals surface area contributed by atoms with E-state index >= 15 is 0 Å². The highest BCUT2D eigenvalue weighted by molar-refractivity contribution is 6.07. The second-order valence-electron chi connectivity index (χ2n) is 6.10. The summed E-state index contributed by atoms with van der Waals surface area (Å²) >= 11 is 0. The number of hydrogen-bond donors (Lipinski definition) is 3. The summed E-state index contributed by atoms with van der Waals surface area (Å²) in [6, 6.07) is 8.50. The normalized spacial score (nSPS) is 23.8. The highest BCUT2D eigenvalue weighted by Crippen LogP contribution is 2.41. The van der Waals surface area contributed by atoms with E-state index in [1.165, 1.54) is 11.1 Å². The van der Waals surface area contributed by atoms with Crippen LogP contribution in [0.1, 0.15) is 36.8 Å². The predicted octanol–water partition coefficient (Wildman–Crippen LogP) is 1.58. The van der Waals surface area contributed by atoms with Crippen molar-refractivity contribution < 1.29 is 10.0 Å². The summed E-state index contributed by atoms with van der Waals surface area (Å²) in [6.07, 6.45) is 5.05. The Kier molecular flexibility index (Phi) is 3.57. The maximum absolute atomic E-state index is 12.5. The molecule has 5 nitrogen and oxygen atoms in total. The topological polar surface area (TPSA) is 87.7 Å². The van der Waals surface area contributed by atoms with E-state index in [2.05, 4.69) is 28.7 Å². The molecule has 0 aromatic heterocycles. The fourth-order valence-electron chi connectivity index (χ4n) is 3.37. The molecule has 0 radical (unpaired) electrons. The molecule has 5 heteroatoms. The van der Waals surface area contributed by atoms with Crippen LogP contribution in [0.5, 0.6) is 0 Å². The van der Waals surface area contributed by atoms with E-state index in [4.69, 9.17) is 10.9 Å². The zero-order valence-electron chi connectivity index (χ0n) is 12.0. The lowest BCUT2D eigenvalue weighted by atomic mass is 9.67. The molecule has 0 spiro atoms. The zero-order valence-corrected chi connectivity index (χ0v) is 12.0. The van der Waals surface area contributed by atoms with E-state index in [0.717, 1.165) is 25.7 Å². The van der Waals surface area contributed by atoms with Gasteiger partial charge >= 0.3 is 0 Å². The van der Waals surface area contributed by atoms with Crippen LogP contribution in [0.3, 0.4) is 0 Å². The fourth-order valence-corrected chi connectivity index (χ4v) is 3.37. The standard InChI is InChI=1S/C16H21N3O2/c17-14(19-21)16(8-3-9-16)15(20)18-13-7-6-11-4-1-2-5-12(11)10-13/h1-2,4-5,13,21H,3,6-10H2,(H2,17,19)(H,18,20). The van der Waals surface area contributed by atoms with E-state index in [0.29, 0.717) is 12.8 Å². The van der Waals surface area contributed by atoms with Crippen LogP contribution in [-0.2, 0) is 17.6 Å². The average Bonchev–Trinajstić information content (AvgIpc) is 2.45. The van der Waals surface area contributed by atoms with Crippen molar-refractivity contribution in [2.24, 2.45) is 16.3 Å². The Morgan fingerprint density at radius 2 is 2.05 bits per heavy atom. The molecule has 1 atom stereocenters. The van der Waals surface area contributed by atoms with Crippen molar-refractivity contribution in [3.63, 3.8) is 0 Å². The summed E-state index contributed by atoms with van der Waals surface area (Å²) in [5.41, 5.74) is 7.63. The fraction of sp³-hybridized carbons (Fsp3) is 0.500. The summed E-state index contributed by atoms with van der Waals surface area (Å²) in [4.78, 5) is 12.5.